The van der Waals surface area contributed by atoms with E-state index < -0.39 is 42.5 Å². The first-order valence-electron chi connectivity index (χ1n) is 6.01. The molecule has 1 rings (SSSR count). The Hall–Kier alpha value is -1.67. The Bertz CT molecular complexity index is 380. The summed E-state index contributed by atoms with van der Waals surface area (Å²) in [5, 5.41) is 0. The van der Waals surface area contributed by atoms with Gasteiger partial charge in [0.25, 0.3) is 0 Å². The maximum atomic E-state index is 11.1. The van der Waals surface area contributed by atoms with Gasteiger partial charge < -0.3 is 23.7 Å². The van der Waals surface area contributed by atoms with E-state index in [0.717, 1.165) is 0 Å². The van der Waals surface area contributed by atoms with Gasteiger partial charge in [0.05, 0.1) is 6.61 Å². The molecular formula is C12H18O8. The monoisotopic (exact) mass is 290 g/mol. The number of rotatable bonds is 5. The van der Waals surface area contributed by atoms with E-state index in [1.807, 2.05) is 0 Å². The Kier molecular flexibility index (Phi) is 5.90. The highest BCUT2D eigenvalue weighted by atomic mass is 16.7. The van der Waals surface area contributed by atoms with Gasteiger partial charge in [-0.25, -0.2) is 0 Å². The average molecular weight is 290 g/mol. The fourth-order valence-corrected chi connectivity index (χ4v) is 1.90. The lowest BCUT2D eigenvalue weighted by atomic mass is 10.1. The minimum absolute atomic E-state index is 0.0908. The van der Waals surface area contributed by atoms with Crippen LogP contribution in [-0.4, -0.2) is 56.2 Å². The molecule has 0 radical (unpaired) electrons. The minimum atomic E-state index is -1.14. The van der Waals surface area contributed by atoms with Crippen LogP contribution in [-0.2, 0) is 38.1 Å². The normalized spacial score (nSPS) is 28.8. The number of methoxy groups -OCH3 is 1. The molecule has 0 aromatic rings. The van der Waals surface area contributed by atoms with E-state index in [1.54, 1.807) is 0 Å². The highest BCUT2D eigenvalue weighted by molar-refractivity contribution is 5.68. The number of carbonyl (C=O) groups excluding carboxylic acids is 3. The fraction of sp³-hybridized carbons (Fsp3) is 0.750. The van der Waals surface area contributed by atoms with Crippen molar-refractivity contribution in [2.75, 3.05) is 13.7 Å². The van der Waals surface area contributed by atoms with Crippen LogP contribution < -0.4 is 0 Å². The second-order valence-corrected chi connectivity index (χ2v) is 4.26. The van der Waals surface area contributed by atoms with Crippen LogP contribution in [0.2, 0.25) is 0 Å². The molecule has 8 nitrogen and oxygen atoms in total. The van der Waals surface area contributed by atoms with Crippen molar-refractivity contribution < 1.29 is 38.1 Å². The third kappa shape index (κ3) is 4.46. The molecule has 0 aromatic carbocycles. The molecule has 1 aliphatic heterocycles. The Morgan fingerprint density at radius 1 is 0.900 bits per heavy atom. The molecule has 0 spiro atoms. The average Bonchev–Trinajstić information content (AvgIpc) is 2.57. The first kappa shape index (κ1) is 16.4. The van der Waals surface area contributed by atoms with Crippen molar-refractivity contribution in [2.24, 2.45) is 0 Å². The molecule has 114 valence electrons. The molecule has 0 saturated carbocycles. The maximum Gasteiger partial charge on any atom is 0.305 e. The van der Waals surface area contributed by atoms with E-state index >= 15 is 0 Å². The summed E-state index contributed by atoms with van der Waals surface area (Å²) in [6, 6.07) is 0. The number of carbonyl (C=O) groups is 3. The van der Waals surface area contributed by atoms with Crippen LogP contribution in [0.1, 0.15) is 20.8 Å². The molecule has 4 atom stereocenters. The molecule has 0 N–H and O–H groups in total. The summed E-state index contributed by atoms with van der Waals surface area (Å²) < 4.78 is 25.4. The van der Waals surface area contributed by atoms with Crippen LogP contribution in [0, 0.1) is 0 Å². The fourth-order valence-electron chi connectivity index (χ4n) is 1.90. The van der Waals surface area contributed by atoms with Crippen LogP contribution in [0.5, 0.6) is 0 Å². The molecule has 1 aliphatic rings. The Balaban J connectivity index is 2.92. The molecule has 1 heterocycles. The summed E-state index contributed by atoms with van der Waals surface area (Å²) in [5.74, 6) is -1.78. The van der Waals surface area contributed by atoms with E-state index in [-0.39, 0.29) is 6.61 Å². The summed E-state index contributed by atoms with van der Waals surface area (Å²) in [5.41, 5.74) is 0. The van der Waals surface area contributed by atoms with Crippen LogP contribution in [0.15, 0.2) is 0 Å². The molecule has 1 saturated heterocycles. The van der Waals surface area contributed by atoms with Gasteiger partial charge in [-0.1, -0.05) is 0 Å². The van der Waals surface area contributed by atoms with Crippen molar-refractivity contribution >= 4 is 17.9 Å². The molecule has 0 unspecified atom stereocenters. The number of hydrogen-bond donors (Lipinski definition) is 0. The smallest absolute Gasteiger partial charge is 0.305 e. The molecule has 0 amide bonds. The van der Waals surface area contributed by atoms with Crippen LogP contribution in [0.4, 0.5) is 0 Å². The standard InChI is InChI=1S/C12H18O8/c1-6(13)17-10-9(5-16-4)20-12(19-8(3)15)11(10)18-7(2)14/h9-12H,5H2,1-4H3/t9-,10-,11+,12+/m1/s1. The van der Waals surface area contributed by atoms with Gasteiger partial charge in [-0.05, 0) is 0 Å². The van der Waals surface area contributed by atoms with Gasteiger partial charge in [-0.15, -0.1) is 0 Å². The largest absolute Gasteiger partial charge is 0.455 e. The van der Waals surface area contributed by atoms with Gasteiger partial charge in [0.1, 0.15) is 6.10 Å². The predicted molar refractivity (Wildman–Crippen MR) is 63.4 cm³/mol. The summed E-state index contributed by atoms with van der Waals surface area (Å²) >= 11 is 0. The zero-order valence-corrected chi connectivity index (χ0v) is 11.8. The van der Waals surface area contributed by atoms with E-state index in [0.29, 0.717) is 0 Å². The Morgan fingerprint density at radius 3 is 1.85 bits per heavy atom. The highest BCUT2D eigenvalue weighted by Crippen LogP contribution is 2.28. The summed E-state index contributed by atoms with van der Waals surface area (Å²) in [6.07, 6.45) is -3.76. The van der Waals surface area contributed by atoms with Crippen LogP contribution in [0.3, 0.4) is 0 Å². The molecule has 0 aliphatic carbocycles. The van der Waals surface area contributed by atoms with Gasteiger partial charge in [-0.2, -0.15) is 0 Å². The number of esters is 3. The van der Waals surface area contributed by atoms with E-state index in [2.05, 4.69) is 0 Å². The summed E-state index contributed by atoms with van der Waals surface area (Å²) in [6.45, 7) is 3.69. The van der Waals surface area contributed by atoms with Crippen molar-refractivity contribution in [3.63, 3.8) is 0 Å². The Labute approximate surface area is 116 Å². The lowest BCUT2D eigenvalue weighted by Gasteiger charge is -2.22. The predicted octanol–water partition coefficient (Wildman–Crippen LogP) is -0.216. The topological polar surface area (TPSA) is 97.4 Å². The summed E-state index contributed by atoms with van der Waals surface area (Å²) in [4.78, 5) is 33.3. The Morgan fingerprint density at radius 2 is 1.40 bits per heavy atom. The van der Waals surface area contributed by atoms with Gasteiger partial charge in [0.15, 0.2) is 6.10 Å². The van der Waals surface area contributed by atoms with Crippen molar-refractivity contribution in [2.45, 2.75) is 45.4 Å². The third-order valence-electron chi connectivity index (χ3n) is 2.48. The zero-order chi connectivity index (χ0) is 15.3. The molecule has 20 heavy (non-hydrogen) atoms. The molecule has 1 fully saturated rings. The SMILES string of the molecule is COC[C@H]1O[C@H](OC(C)=O)[C@@H](OC(C)=O)[C@@H]1OC(C)=O. The second kappa shape index (κ2) is 7.20. The first-order chi connectivity index (χ1) is 9.35. The van der Waals surface area contributed by atoms with Gasteiger partial charge >= 0.3 is 17.9 Å². The minimum Gasteiger partial charge on any atom is -0.455 e. The van der Waals surface area contributed by atoms with E-state index in [1.165, 1.54) is 27.9 Å². The van der Waals surface area contributed by atoms with Gasteiger partial charge in [0.2, 0.25) is 12.4 Å². The second-order valence-electron chi connectivity index (χ2n) is 4.26. The number of hydrogen-bond acceptors (Lipinski definition) is 8. The van der Waals surface area contributed by atoms with Crippen LogP contribution >= 0.6 is 0 Å². The van der Waals surface area contributed by atoms with E-state index in [4.69, 9.17) is 23.7 Å². The van der Waals surface area contributed by atoms with Gasteiger partial charge in [0, 0.05) is 27.9 Å². The highest BCUT2D eigenvalue weighted by Gasteiger charge is 2.50. The molecule has 8 heteroatoms. The van der Waals surface area contributed by atoms with Crippen molar-refractivity contribution in [1.82, 2.24) is 0 Å². The van der Waals surface area contributed by atoms with E-state index in [9.17, 15) is 14.4 Å². The van der Waals surface area contributed by atoms with Crippen molar-refractivity contribution in [1.29, 1.82) is 0 Å². The van der Waals surface area contributed by atoms with Crippen LogP contribution in [0.25, 0.3) is 0 Å². The van der Waals surface area contributed by atoms with Gasteiger partial charge in [-0.3, -0.25) is 14.4 Å². The summed E-state index contributed by atoms with van der Waals surface area (Å²) in [7, 11) is 1.44. The quantitative estimate of drug-likeness (QED) is 0.506. The van der Waals surface area contributed by atoms with Crippen molar-refractivity contribution in [3.05, 3.63) is 0 Å². The lowest BCUT2D eigenvalue weighted by Crippen LogP contribution is -2.41. The molecular weight excluding hydrogens is 272 g/mol. The molecule has 0 aromatic heterocycles. The zero-order valence-electron chi connectivity index (χ0n) is 11.8. The first-order valence-corrected chi connectivity index (χ1v) is 6.01. The lowest BCUT2D eigenvalue weighted by molar-refractivity contribution is -0.196. The number of ether oxygens (including phenoxy) is 5. The van der Waals surface area contributed by atoms with Crippen molar-refractivity contribution in [3.8, 4) is 0 Å². The maximum absolute atomic E-state index is 11.1. The molecule has 0 bridgehead atoms. The third-order valence-corrected chi connectivity index (χ3v) is 2.48.